The summed E-state index contributed by atoms with van der Waals surface area (Å²) in [5, 5.41) is 5.19. The quantitative estimate of drug-likeness (QED) is 0.576. The molecule has 3 rings (SSSR count). The van der Waals surface area contributed by atoms with Crippen molar-refractivity contribution in [3.8, 4) is 0 Å². The molecule has 0 saturated heterocycles. The van der Waals surface area contributed by atoms with Gasteiger partial charge in [-0.25, -0.2) is 17.9 Å². The van der Waals surface area contributed by atoms with Crippen LogP contribution in [0, 0.1) is 5.82 Å². The number of ether oxygens (including phenoxy) is 1. The summed E-state index contributed by atoms with van der Waals surface area (Å²) in [5.41, 5.74) is 0.776. The topological polar surface area (TPSA) is 121 Å². The van der Waals surface area contributed by atoms with Crippen molar-refractivity contribution in [3.05, 3.63) is 58.6 Å². The summed E-state index contributed by atoms with van der Waals surface area (Å²) in [7, 11) is -3.91. The van der Waals surface area contributed by atoms with Crippen LogP contribution >= 0.6 is 11.3 Å². The van der Waals surface area contributed by atoms with E-state index in [1.807, 2.05) is 0 Å². The average Bonchev–Trinajstić information content (AvgIpc) is 3.02. The number of carbonyl (C=O) groups excluding carboxylic acids is 2. The van der Waals surface area contributed by atoms with E-state index in [9.17, 15) is 22.4 Å². The highest BCUT2D eigenvalue weighted by molar-refractivity contribution is 7.89. The van der Waals surface area contributed by atoms with Gasteiger partial charge in [-0.3, -0.25) is 9.59 Å². The molecule has 1 amide bonds. The highest BCUT2D eigenvalue weighted by Crippen LogP contribution is 2.22. The molecule has 1 heterocycles. The Morgan fingerprint density at radius 2 is 1.90 bits per heavy atom. The number of hydrogen-bond acceptors (Lipinski definition) is 6. The molecule has 0 saturated carbocycles. The number of thiazole rings is 1. The Bertz CT molecular complexity index is 1280. The molecule has 0 aliphatic rings. The number of nitrogens with two attached hydrogens (primary N) is 1. The van der Waals surface area contributed by atoms with E-state index in [0.29, 0.717) is 10.2 Å². The van der Waals surface area contributed by atoms with Crippen molar-refractivity contribution in [2.45, 2.75) is 24.8 Å². The van der Waals surface area contributed by atoms with Gasteiger partial charge in [-0.15, -0.1) is 0 Å². The molecule has 2 aromatic carbocycles. The van der Waals surface area contributed by atoms with Crippen LogP contribution < -0.4 is 9.94 Å². The van der Waals surface area contributed by atoms with Gasteiger partial charge in [-0.1, -0.05) is 11.3 Å². The van der Waals surface area contributed by atoms with Crippen LogP contribution in [0.5, 0.6) is 0 Å². The third kappa shape index (κ3) is 4.99. The van der Waals surface area contributed by atoms with Crippen molar-refractivity contribution in [1.29, 1.82) is 0 Å². The van der Waals surface area contributed by atoms with E-state index in [4.69, 9.17) is 9.88 Å². The molecule has 0 aliphatic heterocycles. The molecule has 0 spiro atoms. The highest BCUT2D eigenvalue weighted by atomic mass is 32.2. The fourth-order valence-electron chi connectivity index (χ4n) is 2.71. The van der Waals surface area contributed by atoms with Crippen LogP contribution in [0.1, 0.15) is 23.7 Å². The van der Waals surface area contributed by atoms with Gasteiger partial charge >= 0.3 is 5.97 Å². The van der Waals surface area contributed by atoms with Crippen LogP contribution in [0.15, 0.2) is 52.4 Å². The van der Waals surface area contributed by atoms with Crippen molar-refractivity contribution in [2.75, 3.05) is 6.61 Å². The molecular weight excluding hydrogens is 433 g/mol. The Hall–Kier alpha value is -2.89. The minimum atomic E-state index is -3.91. The molecule has 0 unspecified atom stereocenters. The number of benzene rings is 2. The first-order chi connectivity index (χ1) is 14.2. The standard InChI is InChI=1S/C19H18FN3O5S2/c1-2-28-17(24)9-10-23-15-8-7-14(30(21,26)27)11-16(15)29-19(23)22-18(25)12-3-5-13(20)6-4-12/h3-8,11H,2,9-10H2,1H3,(H2,21,26,27). The average molecular weight is 452 g/mol. The zero-order valence-corrected chi connectivity index (χ0v) is 17.5. The second-order valence-electron chi connectivity index (χ2n) is 6.19. The van der Waals surface area contributed by atoms with Crippen molar-refractivity contribution >= 4 is 43.5 Å². The molecule has 0 aliphatic carbocycles. The second kappa shape index (κ2) is 8.86. The molecule has 158 valence electrons. The first-order valence-electron chi connectivity index (χ1n) is 8.85. The fourth-order valence-corrected chi connectivity index (χ4v) is 4.42. The molecular formula is C19H18FN3O5S2. The maximum absolute atomic E-state index is 13.1. The van der Waals surface area contributed by atoms with Crippen LogP contribution in [-0.4, -0.2) is 31.5 Å². The number of fused-ring (bicyclic) bond motifs is 1. The van der Waals surface area contributed by atoms with Crippen molar-refractivity contribution < 1.29 is 27.1 Å². The molecule has 8 nitrogen and oxygen atoms in total. The maximum Gasteiger partial charge on any atom is 0.307 e. The lowest BCUT2D eigenvalue weighted by Gasteiger charge is -2.06. The number of carbonyl (C=O) groups is 2. The van der Waals surface area contributed by atoms with Crippen molar-refractivity contribution in [1.82, 2.24) is 4.57 Å². The summed E-state index contributed by atoms with van der Waals surface area (Å²) in [5.74, 6) is -1.49. The predicted molar refractivity (Wildman–Crippen MR) is 109 cm³/mol. The van der Waals surface area contributed by atoms with E-state index in [0.717, 1.165) is 23.5 Å². The van der Waals surface area contributed by atoms with Gasteiger partial charge in [-0.2, -0.15) is 4.99 Å². The molecule has 0 radical (unpaired) electrons. The van der Waals surface area contributed by atoms with Gasteiger partial charge in [0.1, 0.15) is 5.82 Å². The SMILES string of the molecule is CCOC(=O)CCn1c(=NC(=O)c2ccc(F)cc2)sc2cc(S(N)(=O)=O)ccc21. The van der Waals surface area contributed by atoms with E-state index in [1.54, 1.807) is 11.5 Å². The van der Waals surface area contributed by atoms with Gasteiger partial charge in [0.25, 0.3) is 5.91 Å². The molecule has 2 N–H and O–H groups in total. The molecule has 30 heavy (non-hydrogen) atoms. The summed E-state index contributed by atoms with van der Waals surface area (Å²) >= 11 is 1.07. The Labute approximate surface area is 175 Å². The van der Waals surface area contributed by atoms with E-state index in [-0.39, 0.29) is 34.8 Å². The number of aromatic nitrogens is 1. The van der Waals surface area contributed by atoms with Crippen LogP contribution in [0.2, 0.25) is 0 Å². The highest BCUT2D eigenvalue weighted by Gasteiger charge is 2.15. The first-order valence-corrected chi connectivity index (χ1v) is 11.2. The molecule has 3 aromatic rings. The Morgan fingerprint density at radius 1 is 1.20 bits per heavy atom. The fraction of sp³-hybridized carbons (Fsp3) is 0.211. The maximum atomic E-state index is 13.1. The van der Waals surface area contributed by atoms with Crippen LogP contribution in [-0.2, 0) is 26.1 Å². The van der Waals surface area contributed by atoms with E-state index >= 15 is 0 Å². The van der Waals surface area contributed by atoms with Crippen LogP contribution in [0.3, 0.4) is 0 Å². The minimum Gasteiger partial charge on any atom is -0.466 e. The lowest BCUT2D eigenvalue weighted by molar-refractivity contribution is -0.143. The largest absolute Gasteiger partial charge is 0.466 e. The number of hydrogen-bond donors (Lipinski definition) is 1. The van der Waals surface area contributed by atoms with Crippen molar-refractivity contribution in [3.63, 3.8) is 0 Å². The number of rotatable bonds is 6. The molecule has 0 fully saturated rings. The summed E-state index contributed by atoms with van der Waals surface area (Å²) < 4.78 is 43.5. The van der Waals surface area contributed by atoms with E-state index in [2.05, 4.69) is 4.99 Å². The Morgan fingerprint density at radius 3 is 2.53 bits per heavy atom. The molecule has 1 aromatic heterocycles. The summed E-state index contributed by atoms with van der Waals surface area (Å²) in [6, 6.07) is 9.21. The van der Waals surface area contributed by atoms with E-state index in [1.165, 1.54) is 30.3 Å². The number of esters is 1. The Balaban J connectivity index is 2.09. The predicted octanol–water partition coefficient (Wildman–Crippen LogP) is 2.18. The van der Waals surface area contributed by atoms with Gasteiger partial charge in [0.05, 0.1) is 28.1 Å². The number of aryl methyl sites for hydroxylation is 1. The number of amides is 1. The van der Waals surface area contributed by atoms with Gasteiger partial charge < -0.3 is 9.30 Å². The number of nitrogens with zero attached hydrogens (tertiary/aromatic N) is 2. The third-order valence-corrected chi connectivity index (χ3v) is 6.07. The van der Waals surface area contributed by atoms with Gasteiger partial charge in [0, 0.05) is 12.1 Å². The van der Waals surface area contributed by atoms with E-state index < -0.39 is 27.7 Å². The third-order valence-electron chi connectivity index (χ3n) is 4.12. The minimum absolute atomic E-state index is 0.0362. The summed E-state index contributed by atoms with van der Waals surface area (Å²) in [6.07, 6.45) is 0.0362. The summed E-state index contributed by atoms with van der Waals surface area (Å²) in [6.45, 7) is 2.11. The van der Waals surface area contributed by atoms with Gasteiger partial charge in [-0.05, 0) is 49.4 Å². The number of halogens is 1. The normalized spacial score (nSPS) is 12.3. The number of primary sulfonamides is 1. The zero-order valence-electron chi connectivity index (χ0n) is 15.9. The molecule has 0 atom stereocenters. The first kappa shape index (κ1) is 21.8. The second-order valence-corrected chi connectivity index (χ2v) is 8.76. The number of sulfonamides is 1. The van der Waals surface area contributed by atoms with Gasteiger partial charge in [0.2, 0.25) is 10.0 Å². The lowest BCUT2D eigenvalue weighted by atomic mass is 10.2. The lowest BCUT2D eigenvalue weighted by Crippen LogP contribution is -2.19. The monoisotopic (exact) mass is 451 g/mol. The molecule has 11 heteroatoms. The Kier molecular flexibility index (Phi) is 6.44. The zero-order chi connectivity index (χ0) is 21.9. The van der Waals surface area contributed by atoms with Crippen LogP contribution in [0.4, 0.5) is 4.39 Å². The van der Waals surface area contributed by atoms with Crippen LogP contribution in [0.25, 0.3) is 10.2 Å². The molecule has 0 bridgehead atoms. The van der Waals surface area contributed by atoms with Crippen molar-refractivity contribution in [2.24, 2.45) is 10.1 Å². The smallest absolute Gasteiger partial charge is 0.307 e. The summed E-state index contributed by atoms with van der Waals surface area (Å²) in [4.78, 5) is 28.6. The van der Waals surface area contributed by atoms with Gasteiger partial charge in [0.15, 0.2) is 4.80 Å².